The van der Waals surface area contributed by atoms with E-state index in [0.717, 1.165) is 33.4 Å². The Morgan fingerprint density at radius 2 is 1.59 bits per heavy atom. The summed E-state index contributed by atoms with van der Waals surface area (Å²) in [5.74, 6) is 0.480. The van der Waals surface area contributed by atoms with Crippen LogP contribution in [0.1, 0.15) is 39.8 Å². The van der Waals surface area contributed by atoms with Gasteiger partial charge in [0.15, 0.2) is 5.16 Å². The number of amides is 1. The predicted octanol–water partition coefficient (Wildman–Crippen LogP) is 5.19. The summed E-state index contributed by atoms with van der Waals surface area (Å²) in [6.45, 7) is 5.76. The molecule has 0 saturated heterocycles. The van der Waals surface area contributed by atoms with E-state index in [1.807, 2.05) is 51.1 Å². The highest BCUT2D eigenvalue weighted by atomic mass is 35.5. The lowest BCUT2D eigenvalue weighted by molar-refractivity contribution is 0.0955. The van der Waals surface area contributed by atoms with Gasteiger partial charge in [0.1, 0.15) is 0 Å². The van der Waals surface area contributed by atoms with Crippen molar-refractivity contribution in [3.8, 4) is 0 Å². The number of nitrogens with zero attached hydrogens (tertiary/aromatic N) is 3. The first-order chi connectivity index (χ1) is 13.9. The van der Waals surface area contributed by atoms with Crippen molar-refractivity contribution in [3.63, 3.8) is 0 Å². The van der Waals surface area contributed by atoms with E-state index in [-0.39, 0.29) is 5.91 Å². The van der Waals surface area contributed by atoms with Crippen LogP contribution < -0.4 is 5.43 Å². The standard InChI is InChI=1S/C22H21ClN4OS/c1-14-12-15(2)25-22(24-14)29-13-17-4-6-19(7-5-17)21(28)27-26-16(3)18-8-10-20(23)11-9-18/h4-12H,13H2,1-3H3,(H,27,28)/b26-16-. The van der Waals surface area contributed by atoms with Crippen LogP contribution >= 0.6 is 23.4 Å². The second-order valence-electron chi connectivity index (χ2n) is 6.56. The number of hydrogen-bond donors (Lipinski definition) is 1. The average molecular weight is 425 g/mol. The van der Waals surface area contributed by atoms with Gasteiger partial charge in [-0.15, -0.1) is 0 Å². The van der Waals surface area contributed by atoms with Crippen molar-refractivity contribution in [3.05, 3.63) is 87.7 Å². The van der Waals surface area contributed by atoms with Crippen LogP contribution in [0.3, 0.4) is 0 Å². The van der Waals surface area contributed by atoms with Crippen molar-refractivity contribution in [1.82, 2.24) is 15.4 Å². The Bertz CT molecular complexity index is 1010. The van der Waals surface area contributed by atoms with Gasteiger partial charge in [0.25, 0.3) is 5.91 Å². The van der Waals surface area contributed by atoms with Crippen LogP contribution in [0.25, 0.3) is 0 Å². The van der Waals surface area contributed by atoms with Crippen molar-refractivity contribution in [2.75, 3.05) is 0 Å². The first-order valence-electron chi connectivity index (χ1n) is 9.05. The minimum absolute atomic E-state index is 0.254. The van der Waals surface area contributed by atoms with Crippen LogP contribution in [0.15, 0.2) is 64.9 Å². The smallest absolute Gasteiger partial charge is 0.267 e. The molecule has 148 valence electrons. The lowest BCUT2D eigenvalue weighted by Gasteiger charge is -2.05. The zero-order valence-corrected chi connectivity index (χ0v) is 18.0. The summed E-state index contributed by atoms with van der Waals surface area (Å²) in [4.78, 5) is 21.2. The van der Waals surface area contributed by atoms with Crippen molar-refractivity contribution < 1.29 is 4.79 Å². The van der Waals surface area contributed by atoms with E-state index in [1.54, 1.807) is 36.0 Å². The quantitative estimate of drug-likeness (QED) is 0.256. The van der Waals surface area contributed by atoms with Crippen LogP contribution in [0.5, 0.6) is 0 Å². The number of halogens is 1. The fourth-order valence-corrected chi connectivity index (χ4v) is 3.64. The van der Waals surface area contributed by atoms with Crippen molar-refractivity contribution in [2.24, 2.45) is 5.10 Å². The second-order valence-corrected chi connectivity index (χ2v) is 7.94. The van der Waals surface area contributed by atoms with Gasteiger partial charge in [-0.25, -0.2) is 15.4 Å². The maximum Gasteiger partial charge on any atom is 0.271 e. The van der Waals surface area contributed by atoms with Gasteiger partial charge < -0.3 is 0 Å². The predicted molar refractivity (Wildman–Crippen MR) is 119 cm³/mol. The Balaban J connectivity index is 1.58. The summed E-state index contributed by atoms with van der Waals surface area (Å²) in [5.41, 5.74) is 7.76. The molecule has 3 rings (SSSR count). The number of aryl methyl sites for hydroxylation is 2. The highest BCUT2D eigenvalue weighted by molar-refractivity contribution is 7.98. The average Bonchev–Trinajstić information content (AvgIpc) is 2.70. The Morgan fingerprint density at radius 3 is 2.21 bits per heavy atom. The molecule has 1 amide bonds. The molecule has 0 unspecified atom stereocenters. The molecule has 7 heteroatoms. The highest BCUT2D eigenvalue weighted by Crippen LogP contribution is 2.20. The Kier molecular flexibility index (Phi) is 7.01. The molecule has 1 heterocycles. The van der Waals surface area contributed by atoms with Gasteiger partial charge in [0.2, 0.25) is 0 Å². The molecule has 0 aliphatic carbocycles. The number of hydrogen-bond acceptors (Lipinski definition) is 5. The van der Waals surface area contributed by atoms with Crippen molar-refractivity contribution in [1.29, 1.82) is 0 Å². The monoisotopic (exact) mass is 424 g/mol. The summed E-state index contributed by atoms with van der Waals surface area (Å²) in [6, 6.07) is 16.7. The molecule has 1 aromatic heterocycles. The van der Waals surface area contributed by atoms with Crippen molar-refractivity contribution >= 4 is 35.0 Å². The molecule has 29 heavy (non-hydrogen) atoms. The Hall–Kier alpha value is -2.70. The number of carbonyl (C=O) groups excluding carboxylic acids is 1. The van der Waals surface area contributed by atoms with Gasteiger partial charge in [-0.2, -0.15) is 5.10 Å². The number of aromatic nitrogens is 2. The number of carbonyl (C=O) groups is 1. The summed E-state index contributed by atoms with van der Waals surface area (Å²) < 4.78 is 0. The van der Waals surface area contributed by atoms with Gasteiger partial charge in [0.05, 0.1) is 5.71 Å². The molecule has 2 aromatic carbocycles. The minimum atomic E-state index is -0.254. The molecule has 0 radical (unpaired) electrons. The second kappa shape index (κ2) is 9.67. The minimum Gasteiger partial charge on any atom is -0.267 e. The molecule has 0 aliphatic rings. The first-order valence-corrected chi connectivity index (χ1v) is 10.4. The lowest BCUT2D eigenvalue weighted by atomic mass is 10.1. The van der Waals surface area contributed by atoms with E-state index in [4.69, 9.17) is 11.6 Å². The summed E-state index contributed by atoms with van der Waals surface area (Å²) in [5, 5.41) is 5.59. The molecule has 1 N–H and O–H groups in total. The summed E-state index contributed by atoms with van der Waals surface area (Å²) in [7, 11) is 0. The van der Waals surface area contributed by atoms with Gasteiger partial charge in [0, 0.05) is 27.7 Å². The first kappa shape index (κ1) is 21.0. The fourth-order valence-electron chi connectivity index (χ4n) is 2.61. The van der Waals surface area contributed by atoms with Crippen LogP contribution in [-0.2, 0) is 5.75 Å². The number of nitrogens with one attached hydrogen (secondary N) is 1. The SMILES string of the molecule is C/C(=N/NC(=O)c1ccc(CSc2nc(C)cc(C)n2)cc1)c1ccc(Cl)cc1. The van der Waals surface area contributed by atoms with Gasteiger partial charge in [-0.3, -0.25) is 4.79 Å². The number of thioether (sulfide) groups is 1. The van der Waals surface area contributed by atoms with Crippen LogP contribution in [-0.4, -0.2) is 21.6 Å². The van der Waals surface area contributed by atoms with Gasteiger partial charge in [-0.05, 0) is 62.2 Å². The maximum atomic E-state index is 12.3. The summed E-state index contributed by atoms with van der Waals surface area (Å²) in [6.07, 6.45) is 0. The maximum absolute atomic E-state index is 12.3. The topological polar surface area (TPSA) is 67.2 Å². The number of benzene rings is 2. The van der Waals surface area contributed by atoms with Crippen LogP contribution in [0, 0.1) is 13.8 Å². The third-order valence-corrected chi connectivity index (χ3v) is 5.30. The molecule has 0 spiro atoms. The van der Waals surface area contributed by atoms with E-state index < -0.39 is 0 Å². The third kappa shape index (κ3) is 6.14. The van der Waals surface area contributed by atoms with Crippen LogP contribution in [0.2, 0.25) is 5.02 Å². The number of rotatable bonds is 6. The van der Waals surface area contributed by atoms with E-state index in [0.29, 0.717) is 16.3 Å². The van der Waals surface area contributed by atoms with Crippen LogP contribution in [0.4, 0.5) is 0 Å². The zero-order valence-electron chi connectivity index (χ0n) is 16.4. The molecular formula is C22H21ClN4OS. The Morgan fingerprint density at radius 1 is 1.00 bits per heavy atom. The normalized spacial score (nSPS) is 11.4. The van der Waals surface area contributed by atoms with E-state index in [1.165, 1.54) is 0 Å². The molecule has 0 fully saturated rings. The van der Waals surface area contributed by atoms with Gasteiger partial charge >= 0.3 is 0 Å². The Labute approximate surface area is 179 Å². The molecule has 3 aromatic rings. The molecule has 0 bridgehead atoms. The zero-order chi connectivity index (χ0) is 20.8. The van der Waals surface area contributed by atoms with Crippen molar-refractivity contribution in [2.45, 2.75) is 31.7 Å². The molecule has 0 aliphatic heterocycles. The molecule has 0 saturated carbocycles. The third-order valence-electron chi connectivity index (χ3n) is 4.13. The van der Waals surface area contributed by atoms with Gasteiger partial charge in [-0.1, -0.05) is 47.6 Å². The van der Waals surface area contributed by atoms with E-state index >= 15 is 0 Å². The lowest BCUT2D eigenvalue weighted by Crippen LogP contribution is -2.19. The molecule has 5 nitrogen and oxygen atoms in total. The highest BCUT2D eigenvalue weighted by Gasteiger charge is 2.07. The largest absolute Gasteiger partial charge is 0.271 e. The van der Waals surface area contributed by atoms with E-state index in [9.17, 15) is 4.79 Å². The van der Waals surface area contributed by atoms with E-state index in [2.05, 4.69) is 20.5 Å². The number of hydrazone groups is 1. The molecule has 0 atom stereocenters. The molecular weight excluding hydrogens is 404 g/mol. The fraction of sp³-hybridized carbons (Fsp3) is 0.182. The summed E-state index contributed by atoms with van der Waals surface area (Å²) >= 11 is 7.46.